The van der Waals surface area contributed by atoms with E-state index in [-0.39, 0.29) is 18.4 Å². The van der Waals surface area contributed by atoms with Crippen LogP contribution in [0.2, 0.25) is 0 Å². The summed E-state index contributed by atoms with van der Waals surface area (Å²) in [6.07, 6.45) is 2.69. The van der Waals surface area contributed by atoms with Gasteiger partial charge in [0.1, 0.15) is 0 Å². The number of hydrogen-bond donors (Lipinski definition) is 2. The number of nitrogens with one attached hydrogen (secondary N) is 1. The highest BCUT2D eigenvalue weighted by molar-refractivity contribution is 5.80. The number of carbonyl (C=O) groups is 2. The Morgan fingerprint density at radius 1 is 1.23 bits per heavy atom. The van der Waals surface area contributed by atoms with Gasteiger partial charge >= 0.3 is 5.97 Å². The predicted molar refractivity (Wildman–Crippen MR) is 82.6 cm³/mol. The number of benzene rings is 1. The van der Waals surface area contributed by atoms with Crippen molar-refractivity contribution in [3.63, 3.8) is 0 Å². The molecule has 1 aliphatic rings. The van der Waals surface area contributed by atoms with Gasteiger partial charge in [0, 0.05) is 13.0 Å². The van der Waals surface area contributed by atoms with E-state index in [0.717, 1.165) is 25.7 Å². The molecule has 120 valence electrons. The van der Waals surface area contributed by atoms with Crippen molar-refractivity contribution in [2.24, 2.45) is 5.92 Å². The van der Waals surface area contributed by atoms with Gasteiger partial charge in [-0.25, -0.2) is 4.79 Å². The first-order valence-corrected chi connectivity index (χ1v) is 7.70. The van der Waals surface area contributed by atoms with E-state index < -0.39 is 12.1 Å². The largest absolute Gasteiger partial charge is 0.479 e. The average molecular weight is 305 g/mol. The Kier molecular flexibility index (Phi) is 5.95. The molecule has 0 saturated heterocycles. The maximum absolute atomic E-state index is 12.1. The Morgan fingerprint density at radius 3 is 2.41 bits per heavy atom. The number of carboxylic acids is 1. The summed E-state index contributed by atoms with van der Waals surface area (Å²) < 4.78 is 4.81. The van der Waals surface area contributed by atoms with Crippen LogP contribution in [0, 0.1) is 5.92 Å². The van der Waals surface area contributed by atoms with E-state index in [1.165, 1.54) is 12.7 Å². The summed E-state index contributed by atoms with van der Waals surface area (Å²) in [5, 5.41) is 11.6. The van der Waals surface area contributed by atoms with Crippen LogP contribution in [0.3, 0.4) is 0 Å². The Balaban J connectivity index is 1.79. The number of aliphatic carboxylic acids is 1. The van der Waals surface area contributed by atoms with E-state index in [2.05, 4.69) is 17.4 Å². The molecule has 0 radical (unpaired) electrons. The standard InChI is InChI=1S/C17H23NO4/c1-22-15(17(20)21)11-18-16(19)14-9-7-13(8-10-14)12-5-3-2-4-6-12/h2-6,13-15H,7-11H2,1H3,(H,18,19)(H,20,21). The molecule has 1 aromatic carbocycles. The number of ether oxygens (including phenoxy) is 1. The van der Waals surface area contributed by atoms with E-state index in [0.29, 0.717) is 5.92 Å². The molecule has 2 N–H and O–H groups in total. The van der Waals surface area contributed by atoms with Crippen LogP contribution >= 0.6 is 0 Å². The second-order valence-corrected chi connectivity index (χ2v) is 5.77. The average Bonchev–Trinajstić information content (AvgIpc) is 2.56. The number of hydrogen-bond acceptors (Lipinski definition) is 3. The molecule has 5 heteroatoms. The summed E-state index contributed by atoms with van der Waals surface area (Å²) >= 11 is 0. The van der Waals surface area contributed by atoms with Gasteiger partial charge in [-0.1, -0.05) is 30.3 Å². The van der Waals surface area contributed by atoms with Crippen LogP contribution in [0.4, 0.5) is 0 Å². The van der Waals surface area contributed by atoms with Crippen LogP contribution in [-0.4, -0.2) is 36.7 Å². The molecule has 0 aromatic heterocycles. The summed E-state index contributed by atoms with van der Waals surface area (Å²) in [6, 6.07) is 10.4. The molecule has 5 nitrogen and oxygen atoms in total. The topological polar surface area (TPSA) is 75.6 Å². The van der Waals surface area contributed by atoms with E-state index in [1.54, 1.807) is 0 Å². The minimum atomic E-state index is -1.06. The highest BCUT2D eigenvalue weighted by Crippen LogP contribution is 2.35. The zero-order chi connectivity index (χ0) is 15.9. The van der Waals surface area contributed by atoms with E-state index in [1.807, 2.05) is 18.2 Å². The maximum atomic E-state index is 12.1. The number of carbonyl (C=O) groups excluding carboxylic acids is 1. The van der Waals surface area contributed by atoms with Crippen molar-refractivity contribution in [3.05, 3.63) is 35.9 Å². The van der Waals surface area contributed by atoms with Crippen LogP contribution in [0.25, 0.3) is 0 Å². The molecule has 22 heavy (non-hydrogen) atoms. The summed E-state index contributed by atoms with van der Waals surface area (Å²) in [5.74, 6) is -0.618. The smallest absolute Gasteiger partial charge is 0.334 e. The highest BCUT2D eigenvalue weighted by atomic mass is 16.5. The van der Waals surface area contributed by atoms with Crippen molar-refractivity contribution in [2.75, 3.05) is 13.7 Å². The lowest BCUT2D eigenvalue weighted by Gasteiger charge is -2.28. The number of amides is 1. The molecule has 1 fully saturated rings. The Morgan fingerprint density at radius 2 is 1.86 bits per heavy atom. The molecule has 0 heterocycles. The quantitative estimate of drug-likeness (QED) is 0.844. The molecule has 1 aromatic rings. The summed E-state index contributed by atoms with van der Waals surface area (Å²) in [6.45, 7) is 0.0171. The van der Waals surface area contributed by atoms with Gasteiger partial charge in [0.05, 0.1) is 6.54 Å². The molecule has 1 unspecified atom stereocenters. The lowest BCUT2D eigenvalue weighted by Crippen LogP contribution is -2.41. The van der Waals surface area contributed by atoms with Gasteiger partial charge in [-0.15, -0.1) is 0 Å². The normalized spacial score (nSPS) is 22.8. The molecule has 1 atom stereocenters. The number of rotatable bonds is 6. The Labute approximate surface area is 130 Å². The van der Waals surface area contributed by atoms with Crippen molar-refractivity contribution in [1.29, 1.82) is 0 Å². The molecular weight excluding hydrogens is 282 g/mol. The van der Waals surface area contributed by atoms with Crippen LogP contribution in [0.1, 0.15) is 37.2 Å². The van der Waals surface area contributed by atoms with Crippen molar-refractivity contribution < 1.29 is 19.4 Å². The van der Waals surface area contributed by atoms with E-state index in [4.69, 9.17) is 9.84 Å². The lowest BCUT2D eigenvalue weighted by molar-refractivity contribution is -0.148. The van der Waals surface area contributed by atoms with Gasteiger partial charge in [0.25, 0.3) is 0 Å². The molecule has 0 bridgehead atoms. The van der Waals surface area contributed by atoms with Crippen molar-refractivity contribution in [1.82, 2.24) is 5.32 Å². The van der Waals surface area contributed by atoms with Gasteiger partial charge in [0.2, 0.25) is 5.91 Å². The number of methoxy groups -OCH3 is 1. The Hall–Kier alpha value is -1.88. The van der Waals surface area contributed by atoms with Crippen LogP contribution in [-0.2, 0) is 14.3 Å². The summed E-state index contributed by atoms with van der Waals surface area (Å²) in [4.78, 5) is 23.0. The first kappa shape index (κ1) is 16.5. The maximum Gasteiger partial charge on any atom is 0.334 e. The fourth-order valence-electron chi connectivity index (χ4n) is 3.02. The molecule has 1 saturated carbocycles. The zero-order valence-electron chi connectivity index (χ0n) is 12.8. The predicted octanol–water partition coefficient (Wildman–Crippen LogP) is 2.18. The minimum Gasteiger partial charge on any atom is -0.479 e. The first-order chi connectivity index (χ1) is 10.6. The van der Waals surface area contributed by atoms with Crippen molar-refractivity contribution >= 4 is 11.9 Å². The summed E-state index contributed by atoms with van der Waals surface area (Å²) in [5.41, 5.74) is 1.34. The second kappa shape index (κ2) is 7.94. The fraction of sp³-hybridized carbons (Fsp3) is 0.529. The third kappa shape index (κ3) is 4.31. The fourth-order valence-corrected chi connectivity index (χ4v) is 3.02. The van der Waals surface area contributed by atoms with Gasteiger partial charge in [-0.2, -0.15) is 0 Å². The second-order valence-electron chi connectivity index (χ2n) is 5.77. The van der Waals surface area contributed by atoms with Crippen molar-refractivity contribution in [3.8, 4) is 0 Å². The van der Waals surface area contributed by atoms with Gasteiger partial charge in [0.15, 0.2) is 6.10 Å². The SMILES string of the molecule is COC(CNC(=O)C1CCC(c2ccccc2)CC1)C(=O)O. The molecule has 0 spiro atoms. The molecule has 1 aliphatic carbocycles. The van der Waals surface area contributed by atoms with Gasteiger partial charge < -0.3 is 15.2 Å². The third-order valence-corrected chi connectivity index (χ3v) is 4.39. The molecule has 1 amide bonds. The minimum absolute atomic E-state index is 0.0171. The van der Waals surface area contributed by atoms with Crippen LogP contribution in [0.5, 0.6) is 0 Å². The van der Waals surface area contributed by atoms with Crippen molar-refractivity contribution in [2.45, 2.75) is 37.7 Å². The van der Waals surface area contributed by atoms with Gasteiger partial charge in [-0.05, 0) is 37.2 Å². The Bertz CT molecular complexity index is 495. The molecular formula is C17H23NO4. The monoisotopic (exact) mass is 305 g/mol. The lowest BCUT2D eigenvalue weighted by atomic mass is 9.78. The first-order valence-electron chi connectivity index (χ1n) is 7.70. The van der Waals surface area contributed by atoms with Crippen LogP contribution in [0.15, 0.2) is 30.3 Å². The number of carboxylic acid groups (broad SMARTS) is 1. The van der Waals surface area contributed by atoms with E-state index >= 15 is 0 Å². The molecule has 0 aliphatic heterocycles. The van der Waals surface area contributed by atoms with E-state index in [9.17, 15) is 9.59 Å². The third-order valence-electron chi connectivity index (χ3n) is 4.39. The molecule has 2 rings (SSSR count). The van der Waals surface area contributed by atoms with Gasteiger partial charge in [-0.3, -0.25) is 4.79 Å². The van der Waals surface area contributed by atoms with Crippen LogP contribution < -0.4 is 5.32 Å². The zero-order valence-corrected chi connectivity index (χ0v) is 12.8. The highest BCUT2D eigenvalue weighted by Gasteiger charge is 2.27. The summed E-state index contributed by atoms with van der Waals surface area (Å²) in [7, 11) is 1.33.